The van der Waals surface area contributed by atoms with Crippen molar-refractivity contribution < 1.29 is 19.2 Å². The molecule has 0 radical (unpaired) electrons. The molecule has 1 heterocycles. The summed E-state index contributed by atoms with van der Waals surface area (Å²) in [6.45, 7) is 1.45. The lowest BCUT2D eigenvalue weighted by molar-refractivity contribution is 0.0649. The second-order valence-corrected chi connectivity index (χ2v) is 4.27. The highest BCUT2D eigenvalue weighted by Gasteiger charge is 2.19. The van der Waals surface area contributed by atoms with E-state index in [9.17, 15) is 9.59 Å². The second-order valence-electron chi connectivity index (χ2n) is 4.27. The first-order chi connectivity index (χ1) is 8.41. The topological polar surface area (TPSA) is 86.9 Å². The summed E-state index contributed by atoms with van der Waals surface area (Å²) in [5.41, 5.74) is 0.0137. The fraction of sp³-hybridized carbons (Fsp3) is 0.545. The zero-order chi connectivity index (χ0) is 13.7. The first kappa shape index (κ1) is 14.2. The van der Waals surface area contributed by atoms with E-state index in [-0.39, 0.29) is 17.4 Å². The Balaban J connectivity index is 2.54. The van der Waals surface area contributed by atoms with Crippen molar-refractivity contribution in [3.05, 3.63) is 17.5 Å². The number of carboxylic acids is 1. The summed E-state index contributed by atoms with van der Waals surface area (Å²) in [6, 6.07) is 1.13. The van der Waals surface area contributed by atoms with Crippen molar-refractivity contribution in [3.8, 4) is 0 Å². The van der Waals surface area contributed by atoms with E-state index in [4.69, 9.17) is 5.11 Å². The molecule has 7 heteroatoms. The van der Waals surface area contributed by atoms with E-state index in [0.29, 0.717) is 6.54 Å². The molecule has 7 nitrogen and oxygen atoms in total. The van der Waals surface area contributed by atoms with Crippen molar-refractivity contribution >= 4 is 11.9 Å². The van der Waals surface area contributed by atoms with E-state index in [2.05, 4.69) is 9.68 Å². The Bertz CT molecular complexity index is 428. The van der Waals surface area contributed by atoms with Gasteiger partial charge in [0.2, 0.25) is 5.76 Å². The average Bonchev–Trinajstić information content (AvgIpc) is 2.76. The van der Waals surface area contributed by atoms with Crippen LogP contribution < -0.4 is 0 Å². The highest BCUT2D eigenvalue weighted by Crippen LogP contribution is 2.06. The molecule has 0 fully saturated rings. The molecule has 0 saturated heterocycles. The fourth-order valence-corrected chi connectivity index (χ4v) is 1.40. The van der Waals surface area contributed by atoms with Crippen molar-refractivity contribution in [2.75, 3.05) is 34.2 Å². The first-order valence-corrected chi connectivity index (χ1v) is 5.52. The molecule has 0 spiro atoms. The maximum absolute atomic E-state index is 11.9. The van der Waals surface area contributed by atoms with Crippen molar-refractivity contribution in [1.29, 1.82) is 0 Å². The van der Waals surface area contributed by atoms with Crippen molar-refractivity contribution in [1.82, 2.24) is 15.0 Å². The third-order valence-electron chi connectivity index (χ3n) is 2.39. The lowest BCUT2D eigenvalue weighted by Gasteiger charge is -2.17. The van der Waals surface area contributed by atoms with E-state index >= 15 is 0 Å². The van der Waals surface area contributed by atoms with Crippen LogP contribution in [0.15, 0.2) is 10.6 Å². The van der Waals surface area contributed by atoms with Crippen LogP contribution >= 0.6 is 0 Å². The number of aromatic carboxylic acids is 1. The van der Waals surface area contributed by atoms with E-state index in [1.165, 1.54) is 4.90 Å². The molecule has 1 N–H and O–H groups in total. The maximum Gasteiger partial charge on any atom is 0.374 e. The van der Waals surface area contributed by atoms with Crippen LogP contribution in [0.5, 0.6) is 0 Å². The lowest BCUT2D eigenvalue weighted by atomic mass is 10.3. The third kappa shape index (κ3) is 3.85. The molecular formula is C11H17N3O4. The van der Waals surface area contributed by atoms with Crippen LogP contribution in [-0.4, -0.2) is 66.2 Å². The molecule has 0 aliphatic carbocycles. The molecule has 1 amide bonds. The van der Waals surface area contributed by atoms with E-state index in [0.717, 1.165) is 19.0 Å². The Kier molecular flexibility index (Phi) is 4.85. The number of rotatable bonds is 6. The van der Waals surface area contributed by atoms with E-state index in [1.807, 2.05) is 19.0 Å². The van der Waals surface area contributed by atoms with Crippen LogP contribution in [0.1, 0.15) is 27.5 Å². The molecule has 0 aliphatic heterocycles. The van der Waals surface area contributed by atoms with Gasteiger partial charge in [0.25, 0.3) is 5.91 Å². The van der Waals surface area contributed by atoms with Gasteiger partial charge in [-0.15, -0.1) is 0 Å². The van der Waals surface area contributed by atoms with Gasteiger partial charge in [-0.2, -0.15) is 0 Å². The summed E-state index contributed by atoms with van der Waals surface area (Å²) in [4.78, 5) is 26.0. The highest BCUT2D eigenvalue weighted by atomic mass is 16.5. The van der Waals surface area contributed by atoms with Crippen LogP contribution in [-0.2, 0) is 0 Å². The number of amides is 1. The SMILES string of the molecule is CN(C)CCCN(C)C(=O)c1cc(C(=O)O)on1. The molecule has 18 heavy (non-hydrogen) atoms. The van der Waals surface area contributed by atoms with Gasteiger partial charge >= 0.3 is 5.97 Å². The number of aromatic nitrogens is 1. The quantitative estimate of drug-likeness (QED) is 0.791. The molecule has 0 aliphatic rings. The predicted molar refractivity (Wildman–Crippen MR) is 63.6 cm³/mol. The molecule has 0 unspecified atom stereocenters. The van der Waals surface area contributed by atoms with Gasteiger partial charge < -0.3 is 19.4 Å². The van der Waals surface area contributed by atoms with E-state index in [1.54, 1.807) is 7.05 Å². The maximum atomic E-state index is 11.9. The molecule has 1 aromatic heterocycles. The number of hydrogen-bond donors (Lipinski definition) is 1. The van der Waals surface area contributed by atoms with Gasteiger partial charge in [-0.1, -0.05) is 5.16 Å². The molecule has 1 aromatic rings. The zero-order valence-electron chi connectivity index (χ0n) is 10.7. The predicted octanol–water partition coefficient (Wildman–Crippen LogP) is 0.396. The number of nitrogens with zero attached hydrogens (tertiary/aromatic N) is 3. The zero-order valence-corrected chi connectivity index (χ0v) is 10.7. The van der Waals surface area contributed by atoms with Crippen LogP contribution in [0.4, 0.5) is 0 Å². The van der Waals surface area contributed by atoms with Crippen molar-refractivity contribution in [3.63, 3.8) is 0 Å². The van der Waals surface area contributed by atoms with Gasteiger partial charge in [0, 0.05) is 19.7 Å². The summed E-state index contributed by atoms with van der Waals surface area (Å²) >= 11 is 0. The van der Waals surface area contributed by atoms with Gasteiger partial charge in [-0.25, -0.2) is 4.79 Å². The Labute approximate surface area is 105 Å². The minimum Gasteiger partial charge on any atom is -0.475 e. The molecule has 0 aromatic carbocycles. The number of carbonyl (C=O) groups excluding carboxylic acids is 1. The van der Waals surface area contributed by atoms with Crippen LogP contribution in [0.3, 0.4) is 0 Å². The molecule has 1 rings (SSSR count). The Morgan fingerprint density at radius 3 is 2.50 bits per heavy atom. The summed E-state index contributed by atoms with van der Waals surface area (Å²) in [5.74, 6) is -1.91. The standard InChI is InChI=1S/C11H17N3O4/c1-13(2)5-4-6-14(3)10(15)8-7-9(11(16)17)18-12-8/h7H,4-6H2,1-3H3,(H,16,17). The van der Waals surface area contributed by atoms with Gasteiger partial charge in [0.1, 0.15) is 0 Å². The third-order valence-corrected chi connectivity index (χ3v) is 2.39. The van der Waals surface area contributed by atoms with Crippen LogP contribution in [0.25, 0.3) is 0 Å². The Morgan fingerprint density at radius 2 is 2.00 bits per heavy atom. The van der Waals surface area contributed by atoms with Gasteiger partial charge in [0.05, 0.1) is 0 Å². The molecule has 0 atom stereocenters. The van der Waals surface area contributed by atoms with Crippen LogP contribution in [0, 0.1) is 0 Å². The Morgan fingerprint density at radius 1 is 1.33 bits per heavy atom. The fourth-order valence-electron chi connectivity index (χ4n) is 1.40. The molecular weight excluding hydrogens is 238 g/mol. The van der Waals surface area contributed by atoms with Crippen molar-refractivity contribution in [2.24, 2.45) is 0 Å². The largest absolute Gasteiger partial charge is 0.475 e. The summed E-state index contributed by atoms with van der Waals surface area (Å²) in [6.07, 6.45) is 0.832. The molecule has 0 bridgehead atoms. The van der Waals surface area contributed by atoms with Crippen LogP contribution in [0.2, 0.25) is 0 Å². The normalized spacial score (nSPS) is 10.7. The number of carboxylic acid groups (broad SMARTS) is 1. The smallest absolute Gasteiger partial charge is 0.374 e. The van der Waals surface area contributed by atoms with Gasteiger partial charge in [-0.3, -0.25) is 4.79 Å². The number of carbonyl (C=O) groups is 2. The first-order valence-electron chi connectivity index (χ1n) is 5.52. The molecule has 0 saturated carbocycles. The number of hydrogen-bond acceptors (Lipinski definition) is 5. The summed E-state index contributed by atoms with van der Waals surface area (Å²) < 4.78 is 4.53. The van der Waals surface area contributed by atoms with Gasteiger partial charge in [0.15, 0.2) is 5.69 Å². The molecule has 100 valence electrons. The lowest BCUT2D eigenvalue weighted by Crippen LogP contribution is -2.29. The second kappa shape index (κ2) is 6.15. The average molecular weight is 255 g/mol. The van der Waals surface area contributed by atoms with Crippen molar-refractivity contribution in [2.45, 2.75) is 6.42 Å². The van der Waals surface area contributed by atoms with Gasteiger partial charge in [-0.05, 0) is 27.1 Å². The monoisotopic (exact) mass is 255 g/mol. The minimum absolute atomic E-state index is 0.0137. The highest BCUT2D eigenvalue weighted by molar-refractivity contribution is 5.94. The van der Waals surface area contributed by atoms with E-state index < -0.39 is 5.97 Å². The minimum atomic E-state index is -1.24. The Hall–Kier alpha value is -1.89. The summed E-state index contributed by atoms with van der Waals surface area (Å²) in [7, 11) is 5.56. The summed E-state index contributed by atoms with van der Waals surface area (Å²) in [5, 5.41) is 12.1.